The molecule has 0 saturated carbocycles. The lowest BCUT2D eigenvalue weighted by atomic mass is 9.69. The van der Waals surface area contributed by atoms with Gasteiger partial charge in [0.1, 0.15) is 5.60 Å². The van der Waals surface area contributed by atoms with E-state index in [9.17, 15) is 5.11 Å². The maximum atomic E-state index is 11.8. The summed E-state index contributed by atoms with van der Waals surface area (Å²) in [6, 6.07) is 17.9. The highest BCUT2D eigenvalue weighted by Crippen LogP contribution is 2.58. The molecule has 3 heterocycles. The van der Waals surface area contributed by atoms with Gasteiger partial charge in [-0.1, -0.05) is 53.6 Å². The number of piperidine rings is 1. The number of nitrogens with zero attached hydrogens (tertiary/aromatic N) is 1. The molecule has 1 N–H and O–H groups in total. The van der Waals surface area contributed by atoms with Crippen LogP contribution in [0, 0.1) is 12.8 Å². The van der Waals surface area contributed by atoms with Crippen molar-refractivity contribution in [3.63, 3.8) is 0 Å². The molecular formula is C22H24ClNO. The molecule has 0 aliphatic carbocycles. The summed E-state index contributed by atoms with van der Waals surface area (Å²) in [6.45, 7) is 2.90. The van der Waals surface area contributed by atoms with Crippen LogP contribution in [0.1, 0.15) is 41.9 Å². The first-order valence-corrected chi connectivity index (χ1v) is 9.75. The zero-order chi connectivity index (χ0) is 17.2. The van der Waals surface area contributed by atoms with E-state index in [-0.39, 0.29) is 5.92 Å². The smallest absolute Gasteiger partial charge is 0.107 e. The third kappa shape index (κ3) is 2.31. The second-order valence-electron chi connectivity index (χ2n) is 8.18. The van der Waals surface area contributed by atoms with Crippen LogP contribution in [0.3, 0.4) is 0 Å². The van der Waals surface area contributed by atoms with E-state index < -0.39 is 5.60 Å². The third-order valence-electron chi connectivity index (χ3n) is 6.89. The highest BCUT2D eigenvalue weighted by Gasteiger charge is 2.62. The molecule has 130 valence electrons. The van der Waals surface area contributed by atoms with Crippen LogP contribution in [-0.2, 0) is 5.60 Å². The summed E-state index contributed by atoms with van der Waals surface area (Å²) >= 11 is 6.09. The monoisotopic (exact) mass is 353 g/mol. The molecule has 6 atom stereocenters. The van der Waals surface area contributed by atoms with E-state index in [1.54, 1.807) is 0 Å². The number of hydrogen-bond acceptors (Lipinski definition) is 2. The second-order valence-corrected chi connectivity index (χ2v) is 8.62. The molecule has 3 heteroatoms. The van der Waals surface area contributed by atoms with Gasteiger partial charge in [0, 0.05) is 29.6 Å². The Kier molecular flexibility index (Phi) is 3.54. The number of benzene rings is 2. The molecule has 0 amide bonds. The number of hydrogen-bond donors (Lipinski definition) is 1. The van der Waals surface area contributed by atoms with Gasteiger partial charge in [0.05, 0.1) is 0 Å². The quantitative estimate of drug-likeness (QED) is 0.860. The zero-order valence-electron chi connectivity index (χ0n) is 14.5. The van der Waals surface area contributed by atoms with Crippen molar-refractivity contribution in [2.24, 2.45) is 5.92 Å². The Morgan fingerprint density at radius 3 is 2.48 bits per heavy atom. The predicted octanol–water partition coefficient (Wildman–Crippen LogP) is 4.49. The van der Waals surface area contributed by atoms with Crippen molar-refractivity contribution in [1.29, 1.82) is 0 Å². The number of aliphatic hydroxyl groups is 1. The first-order chi connectivity index (χ1) is 12.1. The van der Waals surface area contributed by atoms with E-state index in [1.807, 2.05) is 24.3 Å². The summed E-state index contributed by atoms with van der Waals surface area (Å²) in [4.78, 5) is 2.59. The molecule has 4 bridgehead atoms. The fraction of sp³-hybridized carbons (Fsp3) is 0.455. The van der Waals surface area contributed by atoms with Crippen molar-refractivity contribution in [1.82, 2.24) is 4.90 Å². The van der Waals surface area contributed by atoms with E-state index in [2.05, 4.69) is 36.1 Å². The van der Waals surface area contributed by atoms with Crippen molar-refractivity contribution in [2.75, 3.05) is 6.54 Å². The van der Waals surface area contributed by atoms with Crippen molar-refractivity contribution >= 4 is 11.6 Å². The number of aryl methyl sites for hydroxylation is 1. The summed E-state index contributed by atoms with van der Waals surface area (Å²) in [5.41, 5.74) is 2.93. The minimum Gasteiger partial charge on any atom is -0.383 e. The molecular weight excluding hydrogens is 330 g/mol. The molecule has 2 nitrogen and oxygen atoms in total. The van der Waals surface area contributed by atoms with Gasteiger partial charge in [-0.05, 0) is 55.4 Å². The van der Waals surface area contributed by atoms with Crippen LogP contribution in [0.2, 0.25) is 5.02 Å². The lowest BCUT2D eigenvalue weighted by Gasteiger charge is -2.40. The summed E-state index contributed by atoms with van der Waals surface area (Å²) in [6.07, 6.45) is 3.66. The normalized spacial score (nSPS) is 38.9. The topological polar surface area (TPSA) is 23.5 Å². The molecule has 5 rings (SSSR count). The van der Waals surface area contributed by atoms with Gasteiger partial charge in [0.25, 0.3) is 0 Å². The fourth-order valence-electron chi connectivity index (χ4n) is 5.77. The first kappa shape index (κ1) is 15.9. The molecule has 3 saturated heterocycles. The van der Waals surface area contributed by atoms with Crippen LogP contribution >= 0.6 is 11.6 Å². The van der Waals surface area contributed by atoms with Gasteiger partial charge < -0.3 is 5.11 Å². The lowest BCUT2D eigenvalue weighted by Crippen LogP contribution is -2.42. The molecule has 0 radical (unpaired) electrons. The fourth-order valence-corrected chi connectivity index (χ4v) is 5.90. The van der Waals surface area contributed by atoms with Crippen LogP contribution in [0.5, 0.6) is 0 Å². The molecule has 25 heavy (non-hydrogen) atoms. The zero-order valence-corrected chi connectivity index (χ0v) is 15.3. The molecule has 2 aromatic carbocycles. The number of halogens is 1. The maximum absolute atomic E-state index is 11.8. The molecule has 4 unspecified atom stereocenters. The van der Waals surface area contributed by atoms with Crippen LogP contribution < -0.4 is 0 Å². The summed E-state index contributed by atoms with van der Waals surface area (Å²) in [7, 11) is 0. The van der Waals surface area contributed by atoms with Crippen LogP contribution in [0.15, 0.2) is 48.5 Å². The Hall–Kier alpha value is -1.35. The molecule has 3 fully saturated rings. The first-order valence-electron chi connectivity index (χ1n) is 9.37. The number of rotatable bonds is 2. The predicted molar refractivity (Wildman–Crippen MR) is 101 cm³/mol. The highest BCUT2D eigenvalue weighted by atomic mass is 35.5. The summed E-state index contributed by atoms with van der Waals surface area (Å²) in [5.74, 6) is 0.688. The Bertz CT molecular complexity index is 787. The van der Waals surface area contributed by atoms with Gasteiger partial charge in [-0.3, -0.25) is 4.90 Å². The largest absolute Gasteiger partial charge is 0.383 e. The van der Waals surface area contributed by atoms with E-state index in [1.165, 1.54) is 30.4 Å². The van der Waals surface area contributed by atoms with Gasteiger partial charge in [0.2, 0.25) is 0 Å². The lowest BCUT2D eigenvalue weighted by molar-refractivity contribution is -0.00438. The Morgan fingerprint density at radius 2 is 1.76 bits per heavy atom. The average Bonchev–Trinajstić information content (AvgIpc) is 2.98. The second kappa shape index (κ2) is 5.57. The van der Waals surface area contributed by atoms with Crippen molar-refractivity contribution in [3.8, 4) is 0 Å². The van der Waals surface area contributed by atoms with E-state index in [0.29, 0.717) is 18.0 Å². The minimum absolute atomic E-state index is 0.259. The van der Waals surface area contributed by atoms with Crippen LogP contribution in [0.4, 0.5) is 0 Å². The molecule has 3 aliphatic rings. The molecule has 3 aliphatic heterocycles. The van der Waals surface area contributed by atoms with Gasteiger partial charge in [-0.15, -0.1) is 0 Å². The Balaban J connectivity index is 1.60. The molecule has 0 aromatic heterocycles. The maximum Gasteiger partial charge on any atom is 0.107 e. The van der Waals surface area contributed by atoms with Crippen LogP contribution in [0.25, 0.3) is 0 Å². The van der Waals surface area contributed by atoms with Crippen molar-refractivity contribution < 1.29 is 5.11 Å². The van der Waals surface area contributed by atoms with Gasteiger partial charge in [0.15, 0.2) is 0 Å². The highest BCUT2D eigenvalue weighted by molar-refractivity contribution is 6.30. The Labute approximate surface area is 154 Å². The SMILES string of the molecule is Cc1ccc(C2C[C@H]3CCC4C2[C@@](O)(c2ccc(Cl)cc2)CN43)cc1. The average molecular weight is 354 g/mol. The van der Waals surface area contributed by atoms with Crippen molar-refractivity contribution in [3.05, 3.63) is 70.2 Å². The van der Waals surface area contributed by atoms with Crippen LogP contribution in [-0.4, -0.2) is 28.6 Å². The Morgan fingerprint density at radius 1 is 1.04 bits per heavy atom. The summed E-state index contributed by atoms with van der Waals surface area (Å²) in [5, 5.41) is 12.6. The third-order valence-corrected chi connectivity index (χ3v) is 7.14. The summed E-state index contributed by atoms with van der Waals surface area (Å²) < 4.78 is 0. The molecule has 0 spiro atoms. The standard InChI is InChI=1S/C22H24ClNO/c1-14-2-4-15(5-3-14)19-12-18-10-11-20-21(19)22(25,13-24(18)20)16-6-8-17(23)9-7-16/h2-9,18-21,25H,10-13H2,1H3/t18-,19?,20?,21?,22+/m1/s1. The van der Waals surface area contributed by atoms with Gasteiger partial charge >= 0.3 is 0 Å². The van der Waals surface area contributed by atoms with Crippen molar-refractivity contribution in [2.45, 2.75) is 49.8 Å². The minimum atomic E-state index is -0.778. The van der Waals surface area contributed by atoms with E-state index in [4.69, 9.17) is 11.6 Å². The van der Waals surface area contributed by atoms with E-state index >= 15 is 0 Å². The molecule has 2 aromatic rings. The van der Waals surface area contributed by atoms with Gasteiger partial charge in [-0.2, -0.15) is 0 Å². The van der Waals surface area contributed by atoms with Gasteiger partial charge in [-0.25, -0.2) is 0 Å². The van der Waals surface area contributed by atoms with E-state index in [0.717, 1.165) is 17.1 Å².